The second-order valence-electron chi connectivity index (χ2n) is 6.24. The molecule has 1 saturated heterocycles. The fourth-order valence-electron chi connectivity index (χ4n) is 3.16. The van der Waals surface area contributed by atoms with Crippen LogP contribution in [0.15, 0.2) is 12.3 Å². The summed E-state index contributed by atoms with van der Waals surface area (Å²) in [6.07, 6.45) is -0.825. The first-order valence-electron chi connectivity index (χ1n) is 8.11. The highest BCUT2D eigenvalue weighted by Crippen LogP contribution is 2.38. The standard InChI is InChI=1S/C17H20F3N3OS/c1-10-5-4-6-23(10)9-14-15(22-11(2)25-14)12-7-13(17(18,19)20)16(24-3)21-8-12/h7-8,10H,4-6,9H2,1-3H3. The van der Waals surface area contributed by atoms with Crippen LogP contribution >= 0.6 is 11.3 Å². The Hall–Kier alpha value is -1.67. The van der Waals surface area contributed by atoms with E-state index < -0.39 is 17.6 Å². The Morgan fingerprint density at radius 2 is 2.16 bits per heavy atom. The number of thiazole rings is 1. The molecule has 1 fully saturated rings. The van der Waals surface area contributed by atoms with E-state index in [1.54, 1.807) is 0 Å². The monoisotopic (exact) mass is 371 g/mol. The average molecular weight is 371 g/mol. The van der Waals surface area contributed by atoms with Gasteiger partial charge in [-0.3, -0.25) is 4.90 Å². The lowest BCUT2D eigenvalue weighted by atomic mass is 10.1. The van der Waals surface area contributed by atoms with E-state index in [0.29, 0.717) is 23.8 Å². The Morgan fingerprint density at radius 1 is 1.40 bits per heavy atom. The Bertz CT molecular complexity index is 760. The molecule has 0 aromatic carbocycles. The third-order valence-corrected chi connectivity index (χ3v) is 5.42. The van der Waals surface area contributed by atoms with E-state index in [1.807, 2.05) is 6.92 Å². The zero-order chi connectivity index (χ0) is 18.2. The van der Waals surface area contributed by atoms with Gasteiger partial charge in [0.2, 0.25) is 5.88 Å². The summed E-state index contributed by atoms with van der Waals surface area (Å²) in [6, 6.07) is 1.56. The molecule has 4 nitrogen and oxygen atoms in total. The van der Waals surface area contributed by atoms with Crippen molar-refractivity contribution in [1.82, 2.24) is 14.9 Å². The van der Waals surface area contributed by atoms with Crippen LogP contribution in [0.25, 0.3) is 11.3 Å². The number of nitrogens with zero attached hydrogens (tertiary/aromatic N) is 3. The first-order chi connectivity index (χ1) is 11.8. The van der Waals surface area contributed by atoms with Crippen molar-refractivity contribution in [2.75, 3.05) is 13.7 Å². The summed E-state index contributed by atoms with van der Waals surface area (Å²) < 4.78 is 44.6. The molecule has 2 aromatic rings. The molecule has 8 heteroatoms. The average Bonchev–Trinajstić information content (AvgIpc) is 3.12. The fraction of sp³-hybridized carbons (Fsp3) is 0.529. The van der Waals surface area contributed by atoms with Gasteiger partial charge >= 0.3 is 6.18 Å². The fourth-order valence-corrected chi connectivity index (χ4v) is 4.15. The molecule has 2 aromatic heterocycles. The van der Waals surface area contributed by atoms with Gasteiger partial charge < -0.3 is 4.74 Å². The van der Waals surface area contributed by atoms with Crippen molar-refractivity contribution in [2.45, 2.75) is 45.5 Å². The number of pyridine rings is 1. The predicted molar refractivity (Wildman–Crippen MR) is 90.7 cm³/mol. The Balaban J connectivity index is 1.99. The van der Waals surface area contributed by atoms with Gasteiger partial charge in [0, 0.05) is 29.2 Å². The first-order valence-corrected chi connectivity index (χ1v) is 8.93. The number of methoxy groups -OCH3 is 1. The second kappa shape index (κ2) is 6.92. The van der Waals surface area contributed by atoms with Gasteiger partial charge in [0.05, 0.1) is 17.8 Å². The summed E-state index contributed by atoms with van der Waals surface area (Å²) in [5.41, 5.74) is 0.0835. The van der Waals surface area contributed by atoms with E-state index in [4.69, 9.17) is 4.74 Å². The van der Waals surface area contributed by atoms with Crippen LogP contribution in [-0.2, 0) is 12.7 Å². The molecule has 1 atom stereocenters. The molecular formula is C17H20F3N3OS. The van der Waals surface area contributed by atoms with Crippen molar-refractivity contribution in [2.24, 2.45) is 0 Å². The number of hydrogen-bond acceptors (Lipinski definition) is 5. The highest BCUT2D eigenvalue weighted by atomic mass is 32.1. The highest BCUT2D eigenvalue weighted by molar-refractivity contribution is 7.12. The molecule has 0 bridgehead atoms. The lowest BCUT2D eigenvalue weighted by Gasteiger charge is -2.20. The zero-order valence-corrected chi connectivity index (χ0v) is 15.2. The third-order valence-electron chi connectivity index (χ3n) is 4.46. The summed E-state index contributed by atoms with van der Waals surface area (Å²) in [5, 5.41) is 0.834. The van der Waals surface area contributed by atoms with E-state index in [0.717, 1.165) is 35.3 Å². The second-order valence-corrected chi connectivity index (χ2v) is 7.53. The minimum Gasteiger partial charge on any atom is -0.481 e. The van der Waals surface area contributed by atoms with Gasteiger partial charge in [0.25, 0.3) is 0 Å². The van der Waals surface area contributed by atoms with Gasteiger partial charge in [-0.25, -0.2) is 9.97 Å². The number of likely N-dealkylation sites (tertiary alicyclic amines) is 1. The van der Waals surface area contributed by atoms with Crippen molar-refractivity contribution < 1.29 is 17.9 Å². The zero-order valence-electron chi connectivity index (χ0n) is 14.4. The first kappa shape index (κ1) is 18.1. The molecule has 3 rings (SSSR count). The molecule has 1 aliphatic rings. The summed E-state index contributed by atoms with van der Waals surface area (Å²) in [7, 11) is 1.18. The number of ether oxygens (including phenoxy) is 1. The topological polar surface area (TPSA) is 38.3 Å². The summed E-state index contributed by atoms with van der Waals surface area (Å²) in [5.74, 6) is -0.419. The molecule has 0 N–H and O–H groups in total. The molecule has 0 amide bonds. The van der Waals surface area contributed by atoms with Crippen LogP contribution in [-0.4, -0.2) is 34.6 Å². The smallest absolute Gasteiger partial charge is 0.421 e. The molecule has 0 aliphatic carbocycles. The van der Waals surface area contributed by atoms with Gasteiger partial charge in [-0.05, 0) is 39.3 Å². The van der Waals surface area contributed by atoms with E-state index in [1.165, 1.54) is 24.6 Å². The molecule has 1 aliphatic heterocycles. The summed E-state index contributed by atoms with van der Waals surface area (Å²) in [4.78, 5) is 11.6. The molecule has 1 unspecified atom stereocenters. The Kier molecular flexibility index (Phi) is 5.02. The van der Waals surface area contributed by atoms with Crippen LogP contribution in [0.2, 0.25) is 0 Å². The molecule has 25 heavy (non-hydrogen) atoms. The lowest BCUT2D eigenvalue weighted by Crippen LogP contribution is -2.25. The largest absolute Gasteiger partial charge is 0.481 e. The predicted octanol–water partition coefficient (Wildman–Crippen LogP) is 4.53. The minimum atomic E-state index is -4.52. The molecule has 136 valence electrons. The maximum Gasteiger partial charge on any atom is 0.421 e. The number of hydrogen-bond donors (Lipinski definition) is 0. The number of alkyl halides is 3. The quantitative estimate of drug-likeness (QED) is 0.792. The maximum atomic E-state index is 13.3. The molecule has 3 heterocycles. The van der Waals surface area contributed by atoms with E-state index in [9.17, 15) is 13.2 Å². The van der Waals surface area contributed by atoms with Gasteiger partial charge in [0.1, 0.15) is 5.56 Å². The van der Waals surface area contributed by atoms with Crippen LogP contribution in [0.5, 0.6) is 5.88 Å². The van der Waals surface area contributed by atoms with Gasteiger partial charge in [-0.15, -0.1) is 11.3 Å². The normalized spacial score (nSPS) is 18.7. The van der Waals surface area contributed by atoms with E-state index in [-0.39, 0.29) is 0 Å². The molecule has 0 radical (unpaired) electrons. The number of halogens is 3. The lowest BCUT2D eigenvalue weighted by molar-refractivity contribution is -0.139. The van der Waals surface area contributed by atoms with Crippen molar-refractivity contribution in [3.05, 3.63) is 27.7 Å². The highest BCUT2D eigenvalue weighted by Gasteiger charge is 2.36. The van der Waals surface area contributed by atoms with Crippen LogP contribution in [0.3, 0.4) is 0 Å². The van der Waals surface area contributed by atoms with Crippen molar-refractivity contribution in [3.8, 4) is 17.1 Å². The Morgan fingerprint density at radius 3 is 2.76 bits per heavy atom. The van der Waals surface area contributed by atoms with Gasteiger partial charge in [0.15, 0.2) is 0 Å². The Labute approximate surface area is 148 Å². The number of aromatic nitrogens is 2. The van der Waals surface area contributed by atoms with Gasteiger partial charge in [-0.1, -0.05) is 0 Å². The molecule has 0 saturated carbocycles. The number of rotatable bonds is 4. The third kappa shape index (κ3) is 3.79. The van der Waals surface area contributed by atoms with Crippen molar-refractivity contribution in [3.63, 3.8) is 0 Å². The van der Waals surface area contributed by atoms with E-state index in [2.05, 4.69) is 21.8 Å². The van der Waals surface area contributed by atoms with E-state index >= 15 is 0 Å². The van der Waals surface area contributed by atoms with Crippen molar-refractivity contribution in [1.29, 1.82) is 0 Å². The van der Waals surface area contributed by atoms with Gasteiger partial charge in [-0.2, -0.15) is 13.2 Å². The summed E-state index contributed by atoms with van der Waals surface area (Å²) in [6.45, 7) is 5.76. The molecule has 0 spiro atoms. The van der Waals surface area contributed by atoms with Crippen LogP contribution in [0.1, 0.15) is 35.2 Å². The van der Waals surface area contributed by atoms with Crippen LogP contribution in [0.4, 0.5) is 13.2 Å². The molecular weight excluding hydrogens is 351 g/mol. The number of aryl methyl sites for hydroxylation is 1. The SMILES string of the molecule is COc1ncc(-c2nc(C)sc2CN2CCCC2C)cc1C(F)(F)F. The summed E-state index contributed by atoms with van der Waals surface area (Å²) >= 11 is 1.53. The van der Waals surface area contributed by atoms with Crippen LogP contribution in [0, 0.1) is 6.92 Å². The van der Waals surface area contributed by atoms with Crippen LogP contribution < -0.4 is 4.74 Å². The maximum absolute atomic E-state index is 13.3. The van der Waals surface area contributed by atoms with Crippen molar-refractivity contribution >= 4 is 11.3 Å². The minimum absolute atomic E-state index is 0.374.